The van der Waals surface area contributed by atoms with Crippen LogP contribution in [0.5, 0.6) is 0 Å². The third-order valence-corrected chi connectivity index (χ3v) is 14.3. The first-order chi connectivity index (χ1) is 16.6. The normalized spacial score (nSPS) is 17.3. The summed E-state index contributed by atoms with van der Waals surface area (Å²) in [6.45, 7) is 4.66. The van der Waals surface area contributed by atoms with Crippen molar-refractivity contribution >= 4 is 34.4 Å². The zero-order valence-electron chi connectivity index (χ0n) is 20.3. The van der Waals surface area contributed by atoms with E-state index < -0.39 is 8.07 Å². The Morgan fingerprint density at radius 2 is 1.42 bits per heavy atom. The molecule has 0 aromatic heterocycles. The average Bonchev–Trinajstić information content (AvgIpc) is 3.13. The van der Waals surface area contributed by atoms with Gasteiger partial charge in [0.05, 0.1) is 0 Å². The van der Waals surface area contributed by atoms with Gasteiger partial charge in [-0.25, -0.2) is 0 Å². The zero-order chi connectivity index (χ0) is 23.0. The second kappa shape index (κ2) is 9.41. The van der Waals surface area contributed by atoms with Crippen LogP contribution < -0.4 is 45.6 Å². The molecule has 0 bridgehead atoms. The van der Waals surface area contributed by atoms with E-state index in [1.807, 2.05) is 0 Å². The molecule has 2 aliphatic carbocycles. The molecule has 3 aliphatic rings. The van der Waals surface area contributed by atoms with Crippen LogP contribution in [0.4, 0.5) is 0 Å². The first kappa shape index (κ1) is 25.7. The number of aryl methyl sites for hydroxylation is 1. The van der Waals surface area contributed by atoms with Crippen molar-refractivity contribution in [1.29, 1.82) is 0 Å². The van der Waals surface area contributed by atoms with Crippen molar-refractivity contribution in [3.05, 3.63) is 125 Å². The molecule has 36 heavy (non-hydrogen) atoms. The molecular formula is C32H25Cl2SiZr. The summed E-state index contributed by atoms with van der Waals surface area (Å²) in [5.74, 6) is 0. The molecule has 0 fully saturated rings. The van der Waals surface area contributed by atoms with E-state index in [4.69, 9.17) is 0 Å². The Labute approximate surface area is 242 Å². The maximum absolute atomic E-state index is 2.46. The first-order valence-corrected chi connectivity index (χ1v) is 15.6. The molecule has 7 rings (SSSR count). The van der Waals surface area contributed by atoms with Gasteiger partial charge in [-0.05, 0) is 0 Å². The third kappa shape index (κ3) is 3.35. The molecule has 1 aliphatic heterocycles. The molecule has 0 nitrogen and oxygen atoms in total. The summed E-state index contributed by atoms with van der Waals surface area (Å²) in [7, 11) is -2.18. The van der Waals surface area contributed by atoms with Crippen LogP contribution in [0.2, 0.25) is 0 Å². The van der Waals surface area contributed by atoms with Gasteiger partial charge < -0.3 is 24.8 Å². The van der Waals surface area contributed by atoms with Crippen LogP contribution >= 0.6 is 0 Å². The molecular weight excluding hydrogens is 575 g/mol. The third-order valence-electron chi connectivity index (χ3n) is 8.06. The molecule has 4 heteroatoms. The average molecular weight is 600 g/mol. The Balaban J connectivity index is 0.00000133. The Morgan fingerprint density at radius 1 is 0.778 bits per heavy atom. The molecule has 0 amide bonds. The predicted molar refractivity (Wildman–Crippen MR) is 142 cm³/mol. The topological polar surface area (TPSA) is 0 Å². The fourth-order valence-electron chi connectivity index (χ4n) is 6.69. The molecule has 1 heterocycles. The summed E-state index contributed by atoms with van der Waals surface area (Å²) in [4.78, 5) is 0. The number of benzene rings is 4. The number of fused-ring (bicyclic) bond motifs is 5. The van der Waals surface area contributed by atoms with Crippen molar-refractivity contribution in [2.45, 2.75) is 23.9 Å². The molecule has 4 aromatic carbocycles. The van der Waals surface area contributed by atoms with Gasteiger partial charge in [-0.1, -0.05) is 0 Å². The SMILES string of the molecule is Cc1ccc2c(c1)[CH]([Zr+2])c1c(C3=CC=CC3)c(C)c3c(c1-2)[Si]3(c1ccccc1)c1ccccc1.[Cl-].[Cl-]. The standard InChI is InChI=1S/C32H25Si.2ClH.Zr/c1-21-17-18-27-24(19-21)20-28-29(23-11-9-10-12-23)22(2)31-32(30(27)28)33(31,25-13-5-3-6-14-25)26-15-7-4-8-16-26;;;/h3-11,13-20H,12H2,1-2H3;2*1H;/q;;;+2/p-2. The number of hydrogen-bond acceptors (Lipinski definition) is 0. The second-order valence-electron chi connectivity index (χ2n) is 9.87. The van der Waals surface area contributed by atoms with E-state index in [-0.39, 0.29) is 24.8 Å². The van der Waals surface area contributed by atoms with Crippen molar-refractivity contribution in [1.82, 2.24) is 0 Å². The molecule has 0 radical (unpaired) electrons. The van der Waals surface area contributed by atoms with Crippen molar-refractivity contribution in [2.75, 3.05) is 0 Å². The Bertz CT molecular complexity index is 1520. The van der Waals surface area contributed by atoms with Gasteiger partial charge in [-0.15, -0.1) is 0 Å². The molecule has 0 N–H and O–H groups in total. The minimum absolute atomic E-state index is 0. The van der Waals surface area contributed by atoms with E-state index in [0.29, 0.717) is 3.63 Å². The van der Waals surface area contributed by atoms with E-state index in [1.54, 1.807) is 62.9 Å². The number of halogens is 2. The van der Waals surface area contributed by atoms with Crippen molar-refractivity contribution < 1.29 is 49.5 Å². The predicted octanol–water partition coefficient (Wildman–Crippen LogP) is -1.04. The van der Waals surface area contributed by atoms with Gasteiger partial charge in [-0.2, -0.15) is 0 Å². The zero-order valence-corrected chi connectivity index (χ0v) is 25.2. The van der Waals surface area contributed by atoms with E-state index in [9.17, 15) is 0 Å². The van der Waals surface area contributed by atoms with Crippen LogP contribution in [0.25, 0.3) is 16.7 Å². The van der Waals surface area contributed by atoms with Gasteiger partial charge in [0, 0.05) is 0 Å². The first-order valence-electron chi connectivity index (χ1n) is 12.1. The fourth-order valence-corrected chi connectivity index (χ4v) is 13.4. The summed E-state index contributed by atoms with van der Waals surface area (Å²) in [5, 5.41) is 6.40. The Kier molecular flexibility index (Phi) is 6.71. The monoisotopic (exact) mass is 597 g/mol. The van der Waals surface area contributed by atoms with Crippen molar-refractivity contribution in [3.8, 4) is 11.1 Å². The van der Waals surface area contributed by atoms with E-state index in [0.717, 1.165) is 6.42 Å². The summed E-state index contributed by atoms with van der Waals surface area (Å²) in [6, 6.07) is 30.0. The minimum atomic E-state index is -2.18. The van der Waals surface area contributed by atoms with Crippen LogP contribution in [0.3, 0.4) is 0 Å². The maximum Gasteiger partial charge on any atom is -1.00 e. The van der Waals surface area contributed by atoms with Crippen LogP contribution in [-0.2, 0) is 24.7 Å². The van der Waals surface area contributed by atoms with Crippen molar-refractivity contribution in [3.63, 3.8) is 0 Å². The van der Waals surface area contributed by atoms with Crippen LogP contribution in [0, 0.1) is 13.8 Å². The van der Waals surface area contributed by atoms with E-state index in [2.05, 4.69) is 111 Å². The van der Waals surface area contributed by atoms with Gasteiger partial charge in [0.2, 0.25) is 0 Å². The van der Waals surface area contributed by atoms with E-state index >= 15 is 0 Å². The van der Waals surface area contributed by atoms with Gasteiger partial charge in [0.25, 0.3) is 0 Å². The molecule has 0 saturated heterocycles. The molecule has 175 valence electrons. The molecule has 0 saturated carbocycles. The molecule has 4 aromatic rings. The molecule has 0 spiro atoms. The Morgan fingerprint density at radius 3 is 2.00 bits per heavy atom. The summed E-state index contributed by atoms with van der Waals surface area (Å²) < 4.78 is 0.511. The molecule has 1 atom stereocenters. The summed E-state index contributed by atoms with van der Waals surface area (Å²) in [5.41, 5.74) is 12.2. The quantitative estimate of drug-likeness (QED) is 0.233. The fraction of sp³-hybridized carbons (Fsp3) is 0.125. The van der Waals surface area contributed by atoms with Gasteiger partial charge in [0.1, 0.15) is 0 Å². The summed E-state index contributed by atoms with van der Waals surface area (Å²) in [6.07, 6.45) is 7.98. The van der Waals surface area contributed by atoms with Crippen molar-refractivity contribution in [2.24, 2.45) is 0 Å². The van der Waals surface area contributed by atoms with Crippen LogP contribution in [0.15, 0.2) is 97.1 Å². The molecule has 1 unspecified atom stereocenters. The largest absolute Gasteiger partial charge is 1.00 e. The second-order valence-corrected chi connectivity index (χ2v) is 14.9. The van der Waals surface area contributed by atoms with Gasteiger partial charge in [0.15, 0.2) is 0 Å². The summed E-state index contributed by atoms with van der Waals surface area (Å²) >= 11 is 1.59. The van der Waals surface area contributed by atoms with Gasteiger partial charge in [-0.3, -0.25) is 0 Å². The number of allylic oxidation sites excluding steroid dienone is 4. The number of rotatable bonds is 3. The van der Waals surface area contributed by atoms with Crippen LogP contribution in [-0.4, -0.2) is 8.07 Å². The Hall–Kier alpha value is -1.96. The van der Waals surface area contributed by atoms with Crippen LogP contribution in [0.1, 0.15) is 37.9 Å². The maximum atomic E-state index is 2.46. The van der Waals surface area contributed by atoms with Gasteiger partial charge >= 0.3 is 219 Å². The minimum Gasteiger partial charge on any atom is -1.00 e. The number of hydrogen-bond donors (Lipinski definition) is 0. The smallest absolute Gasteiger partial charge is 1.00 e. The van der Waals surface area contributed by atoms with E-state index in [1.165, 1.54) is 27.1 Å².